The molecule has 10 rings (SSSR count). The van der Waals surface area contributed by atoms with E-state index in [9.17, 15) is 5.48 Å². The van der Waals surface area contributed by atoms with E-state index in [0.29, 0.717) is 11.3 Å². The van der Waals surface area contributed by atoms with Gasteiger partial charge in [-0.15, -0.1) is 0 Å². The Labute approximate surface area is 352 Å². The van der Waals surface area contributed by atoms with Gasteiger partial charge in [-0.1, -0.05) is 212 Å². The van der Waals surface area contributed by atoms with Crippen LogP contribution in [0.1, 0.15) is 5.48 Å². The SMILES string of the molecule is [2H]c1c([2H])c(N(c2ccc(-c3c(-c4ccccc4)ccc4ccccc34)cc2)c2ccccc2-c2ccccc2)c([2H])c([2H])c1-c1ccc(-c2ccccc2)c(-c2ccccc2)c1. The molecule has 0 aliphatic heterocycles. The monoisotopic (exact) mass is 755 g/mol. The van der Waals surface area contributed by atoms with Crippen molar-refractivity contribution in [3.05, 3.63) is 249 Å². The van der Waals surface area contributed by atoms with Crippen molar-refractivity contribution < 1.29 is 5.48 Å². The first-order valence-electron chi connectivity index (χ1n) is 21.9. The molecular formula is C58H41N. The molecule has 0 amide bonds. The number of anilines is 3. The molecule has 0 saturated heterocycles. The molecule has 1 heteroatoms. The van der Waals surface area contributed by atoms with Gasteiger partial charge in [0.25, 0.3) is 0 Å². The largest absolute Gasteiger partial charge is 0.310 e. The lowest BCUT2D eigenvalue weighted by molar-refractivity contribution is 1.28. The smallest absolute Gasteiger partial charge is 0.0645 e. The number of rotatable bonds is 9. The molecule has 0 fully saturated rings. The van der Waals surface area contributed by atoms with E-state index < -0.39 is 0 Å². The van der Waals surface area contributed by atoms with Gasteiger partial charge in [0.15, 0.2) is 0 Å². The van der Waals surface area contributed by atoms with E-state index in [1.165, 1.54) is 0 Å². The molecule has 10 aromatic rings. The van der Waals surface area contributed by atoms with Crippen molar-refractivity contribution in [1.82, 2.24) is 0 Å². The van der Waals surface area contributed by atoms with E-state index in [1.54, 1.807) is 0 Å². The third-order valence-electron chi connectivity index (χ3n) is 11.0. The van der Waals surface area contributed by atoms with Gasteiger partial charge in [-0.25, -0.2) is 0 Å². The van der Waals surface area contributed by atoms with Crippen LogP contribution in [0.15, 0.2) is 249 Å². The zero-order valence-electron chi connectivity index (χ0n) is 36.3. The second-order valence-electron chi connectivity index (χ2n) is 14.6. The first kappa shape index (κ1) is 31.4. The molecule has 0 aliphatic rings. The molecule has 0 aromatic heterocycles. The molecule has 0 radical (unpaired) electrons. The number of hydrogen-bond acceptors (Lipinski definition) is 1. The second-order valence-corrected chi connectivity index (χ2v) is 14.6. The Morgan fingerprint density at radius 1 is 0.288 bits per heavy atom. The molecule has 0 unspecified atom stereocenters. The zero-order valence-corrected chi connectivity index (χ0v) is 32.3. The normalized spacial score (nSPS) is 12.0. The number of para-hydroxylation sites is 1. The Bertz CT molecular complexity index is 3210. The highest BCUT2D eigenvalue weighted by Crippen LogP contribution is 2.44. The minimum absolute atomic E-state index is 0.112. The highest BCUT2D eigenvalue weighted by atomic mass is 15.1. The summed E-state index contributed by atoms with van der Waals surface area (Å²) in [6.07, 6.45) is 0. The molecule has 0 bridgehead atoms. The maximum atomic E-state index is 9.78. The van der Waals surface area contributed by atoms with E-state index in [0.717, 1.165) is 72.1 Å². The van der Waals surface area contributed by atoms with Gasteiger partial charge in [0.1, 0.15) is 0 Å². The van der Waals surface area contributed by atoms with Crippen LogP contribution in [0.5, 0.6) is 0 Å². The molecular weight excluding hydrogens is 711 g/mol. The van der Waals surface area contributed by atoms with Crippen molar-refractivity contribution in [1.29, 1.82) is 0 Å². The summed E-state index contributed by atoms with van der Waals surface area (Å²) in [5.74, 6) is 0. The fraction of sp³-hybridized carbons (Fsp3) is 0. The summed E-state index contributed by atoms with van der Waals surface area (Å²) in [6.45, 7) is 0. The van der Waals surface area contributed by atoms with Crippen molar-refractivity contribution in [2.45, 2.75) is 0 Å². The Morgan fingerprint density at radius 3 is 1.42 bits per heavy atom. The van der Waals surface area contributed by atoms with Gasteiger partial charge in [0.2, 0.25) is 0 Å². The maximum absolute atomic E-state index is 9.78. The lowest BCUT2D eigenvalue weighted by Gasteiger charge is -2.28. The molecule has 1 nitrogen and oxygen atoms in total. The first-order valence-corrected chi connectivity index (χ1v) is 19.9. The van der Waals surface area contributed by atoms with Crippen LogP contribution in [-0.4, -0.2) is 0 Å². The molecule has 0 N–H and O–H groups in total. The van der Waals surface area contributed by atoms with Gasteiger partial charge in [-0.2, -0.15) is 0 Å². The van der Waals surface area contributed by atoms with Crippen LogP contribution in [0, 0.1) is 0 Å². The van der Waals surface area contributed by atoms with Crippen molar-refractivity contribution in [3.8, 4) is 66.8 Å². The Balaban J connectivity index is 1.16. The lowest BCUT2D eigenvalue weighted by atomic mass is 9.89. The van der Waals surface area contributed by atoms with Crippen molar-refractivity contribution in [2.24, 2.45) is 0 Å². The van der Waals surface area contributed by atoms with Crippen LogP contribution in [0.4, 0.5) is 17.1 Å². The number of fused-ring (bicyclic) bond motifs is 1. The molecule has 0 atom stereocenters. The minimum atomic E-state index is -0.133. The fourth-order valence-electron chi connectivity index (χ4n) is 8.12. The fourth-order valence-corrected chi connectivity index (χ4v) is 8.12. The molecule has 0 aliphatic carbocycles. The van der Waals surface area contributed by atoms with Gasteiger partial charge in [0.05, 0.1) is 11.2 Å². The van der Waals surface area contributed by atoms with E-state index in [4.69, 9.17) is 0 Å². The van der Waals surface area contributed by atoms with Gasteiger partial charge in [-0.05, 0) is 108 Å². The quantitative estimate of drug-likeness (QED) is 0.142. The predicted molar refractivity (Wildman–Crippen MR) is 251 cm³/mol. The predicted octanol–water partition coefficient (Wildman–Crippen LogP) is 16.3. The van der Waals surface area contributed by atoms with Crippen LogP contribution in [-0.2, 0) is 0 Å². The minimum Gasteiger partial charge on any atom is -0.310 e. The number of benzene rings is 10. The third kappa shape index (κ3) is 7.12. The van der Waals surface area contributed by atoms with Gasteiger partial charge in [-0.3, -0.25) is 0 Å². The van der Waals surface area contributed by atoms with Crippen LogP contribution in [0.2, 0.25) is 0 Å². The summed E-state index contributed by atoms with van der Waals surface area (Å²) in [5, 5.41) is 2.28. The molecule has 0 spiro atoms. The molecule has 59 heavy (non-hydrogen) atoms. The maximum Gasteiger partial charge on any atom is 0.0645 e. The van der Waals surface area contributed by atoms with Gasteiger partial charge >= 0.3 is 0 Å². The van der Waals surface area contributed by atoms with Crippen molar-refractivity contribution >= 4 is 27.8 Å². The number of nitrogens with zero attached hydrogens (tertiary/aromatic N) is 1. The average Bonchev–Trinajstić information content (AvgIpc) is 3.35. The summed E-state index contributed by atoms with van der Waals surface area (Å²) < 4.78 is 38.9. The third-order valence-corrected chi connectivity index (χ3v) is 11.0. The summed E-state index contributed by atoms with van der Waals surface area (Å²) in [5.41, 5.74) is 12.7. The van der Waals surface area contributed by atoms with Crippen LogP contribution in [0.3, 0.4) is 0 Å². The zero-order chi connectivity index (χ0) is 42.9. The van der Waals surface area contributed by atoms with Crippen molar-refractivity contribution in [3.63, 3.8) is 0 Å². The number of hydrogen-bond donors (Lipinski definition) is 0. The molecule has 0 saturated carbocycles. The molecule has 0 heterocycles. The topological polar surface area (TPSA) is 3.24 Å². The Morgan fingerprint density at radius 2 is 0.780 bits per heavy atom. The second kappa shape index (κ2) is 16.0. The van der Waals surface area contributed by atoms with Gasteiger partial charge in [0, 0.05) is 16.9 Å². The van der Waals surface area contributed by atoms with Gasteiger partial charge < -0.3 is 4.90 Å². The summed E-state index contributed by atoms with van der Waals surface area (Å²) in [7, 11) is 0. The van der Waals surface area contributed by atoms with E-state index in [-0.39, 0.29) is 35.4 Å². The molecule has 278 valence electrons. The average molecular weight is 756 g/mol. The highest BCUT2D eigenvalue weighted by molar-refractivity contribution is 6.04. The van der Waals surface area contributed by atoms with E-state index >= 15 is 0 Å². The first-order chi connectivity index (χ1) is 31.0. The van der Waals surface area contributed by atoms with E-state index in [2.05, 4.69) is 97.1 Å². The van der Waals surface area contributed by atoms with Crippen molar-refractivity contribution in [2.75, 3.05) is 4.90 Å². The summed E-state index contributed by atoms with van der Waals surface area (Å²) >= 11 is 0. The Kier molecular flexibility index (Phi) is 8.51. The lowest BCUT2D eigenvalue weighted by Crippen LogP contribution is -2.11. The van der Waals surface area contributed by atoms with E-state index in [1.807, 2.05) is 132 Å². The van der Waals surface area contributed by atoms with Crippen LogP contribution >= 0.6 is 0 Å². The van der Waals surface area contributed by atoms with Crippen LogP contribution < -0.4 is 4.90 Å². The highest BCUT2D eigenvalue weighted by Gasteiger charge is 2.19. The Hall–Kier alpha value is -7.74. The summed E-state index contributed by atoms with van der Waals surface area (Å²) in [4.78, 5) is 1.89. The summed E-state index contributed by atoms with van der Waals surface area (Å²) in [6, 6.07) is 75.2. The standard InChI is InChI=1S/C58H41N/c1-5-17-43(18-6-1)52-39-34-49(41-56(52)46-23-11-4-12-24-46)42-29-35-50(36-30-42)59(57-28-16-15-26-53(57)44-19-7-2-8-20-44)51-37-31-48(32-38-51)58-54-27-14-13-25-47(54)33-40-55(58)45-21-9-3-10-22-45/h1-41H/i29D,30D,35D,36D. The van der Waals surface area contributed by atoms with Crippen LogP contribution in [0.25, 0.3) is 77.5 Å². The molecule has 10 aromatic carbocycles.